The lowest BCUT2D eigenvalue weighted by molar-refractivity contribution is -0.605. The van der Waals surface area contributed by atoms with Crippen LogP contribution in [0.15, 0.2) is 42.7 Å². The number of hydrogen-bond donors (Lipinski definition) is 1. The maximum Gasteiger partial charge on any atom is 0.256 e. The van der Waals surface area contributed by atoms with Gasteiger partial charge in [-0.25, -0.2) is 0 Å². The normalized spacial score (nSPS) is 15.3. The summed E-state index contributed by atoms with van der Waals surface area (Å²) in [6.07, 6.45) is 2.63. The van der Waals surface area contributed by atoms with Gasteiger partial charge in [-0.3, -0.25) is 4.79 Å². The predicted octanol–water partition coefficient (Wildman–Crippen LogP) is 1.63. The molecule has 1 aromatic carbocycles. The van der Waals surface area contributed by atoms with Gasteiger partial charge in [0.25, 0.3) is 5.91 Å². The molecule has 1 aliphatic heterocycles. The second-order valence-corrected chi connectivity index (χ2v) is 6.19. The van der Waals surface area contributed by atoms with Crippen LogP contribution in [0.3, 0.4) is 0 Å². The van der Waals surface area contributed by atoms with Gasteiger partial charge in [-0.1, -0.05) is 0 Å². The van der Waals surface area contributed by atoms with Crippen molar-refractivity contribution in [1.29, 1.82) is 0 Å². The van der Waals surface area contributed by atoms with Gasteiger partial charge in [-0.05, 0) is 37.7 Å². The Balaban J connectivity index is 1.70. The van der Waals surface area contributed by atoms with Gasteiger partial charge in [0.15, 0.2) is 12.4 Å². The van der Waals surface area contributed by atoms with Crippen molar-refractivity contribution in [1.82, 2.24) is 4.90 Å². The fraction of sp³-hybridized carbons (Fsp3) is 0.333. The van der Waals surface area contributed by atoms with Gasteiger partial charge < -0.3 is 20.3 Å². The Morgan fingerprint density at radius 1 is 1.12 bits per heavy atom. The minimum absolute atomic E-state index is 0.220. The van der Waals surface area contributed by atoms with Crippen molar-refractivity contribution < 1.29 is 9.52 Å². The molecule has 6 heteroatoms. The molecule has 3 rings (SSSR count). The van der Waals surface area contributed by atoms with Gasteiger partial charge in [-0.2, -0.15) is 4.73 Å². The zero-order valence-corrected chi connectivity index (χ0v) is 14.0. The second kappa shape index (κ2) is 6.88. The molecule has 2 aromatic rings. The molecule has 1 fully saturated rings. The first-order valence-electron chi connectivity index (χ1n) is 8.07. The summed E-state index contributed by atoms with van der Waals surface area (Å²) in [5, 5.41) is 13.9. The van der Waals surface area contributed by atoms with Crippen LogP contribution in [0.4, 0.5) is 11.4 Å². The van der Waals surface area contributed by atoms with Crippen molar-refractivity contribution in [3.8, 4) is 0 Å². The average Bonchev–Trinajstić information content (AvgIpc) is 2.57. The van der Waals surface area contributed by atoms with Crippen molar-refractivity contribution in [3.63, 3.8) is 0 Å². The van der Waals surface area contributed by atoms with Crippen LogP contribution in [0.5, 0.6) is 0 Å². The van der Waals surface area contributed by atoms with Crippen LogP contribution >= 0.6 is 0 Å². The number of pyridine rings is 1. The predicted molar refractivity (Wildman–Crippen MR) is 94.2 cm³/mol. The number of rotatable bonds is 3. The van der Waals surface area contributed by atoms with E-state index in [2.05, 4.69) is 35.2 Å². The molecule has 126 valence electrons. The van der Waals surface area contributed by atoms with Gasteiger partial charge in [0, 0.05) is 49.7 Å². The van der Waals surface area contributed by atoms with E-state index >= 15 is 0 Å². The number of likely N-dealkylation sites (N-methyl/N-ethyl adjacent to an activating group) is 1. The van der Waals surface area contributed by atoms with Gasteiger partial charge in [0.1, 0.15) is 0 Å². The summed E-state index contributed by atoms with van der Waals surface area (Å²) < 4.78 is 0.659. The first-order chi connectivity index (χ1) is 11.5. The monoisotopic (exact) mass is 326 g/mol. The molecule has 0 atom stereocenters. The maximum atomic E-state index is 12.2. The summed E-state index contributed by atoms with van der Waals surface area (Å²) in [4.78, 5) is 16.9. The second-order valence-electron chi connectivity index (χ2n) is 6.19. The number of nitrogens with zero attached hydrogens (tertiary/aromatic N) is 3. The molecule has 1 aliphatic rings. The highest BCUT2D eigenvalue weighted by Crippen LogP contribution is 2.24. The van der Waals surface area contributed by atoms with E-state index in [0.29, 0.717) is 10.3 Å². The summed E-state index contributed by atoms with van der Waals surface area (Å²) in [6.45, 7) is 6.22. The van der Waals surface area contributed by atoms with Crippen molar-refractivity contribution in [3.05, 3.63) is 59.1 Å². The molecule has 0 radical (unpaired) electrons. The van der Waals surface area contributed by atoms with E-state index < -0.39 is 0 Å². The third-order valence-electron chi connectivity index (χ3n) is 4.36. The SMILES string of the molecule is Cc1cc(NC(=O)c2cc[n+]([O-])cc2)ccc1N1CCN(C)CC1. The van der Waals surface area contributed by atoms with Crippen molar-refractivity contribution in [2.24, 2.45) is 0 Å². The van der Waals surface area contributed by atoms with Crippen LogP contribution in [0.25, 0.3) is 0 Å². The van der Waals surface area contributed by atoms with Crippen molar-refractivity contribution >= 4 is 17.3 Å². The first kappa shape index (κ1) is 16.3. The number of carbonyl (C=O) groups excluding carboxylic acids is 1. The highest BCUT2D eigenvalue weighted by molar-refractivity contribution is 6.04. The zero-order valence-electron chi connectivity index (χ0n) is 14.0. The summed E-state index contributed by atoms with van der Waals surface area (Å²) in [7, 11) is 2.14. The summed E-state index contributed by atoms with van der Waals surface area (Å²) in [6, 6.07) is 8.99. The number of aryl methyl sites for hydroxylation is 1. The Labute approximate surface area is 141 Å². The number of piperazine rings is 1. The van der Waals surface area contributed by atoms with E-state index in [4.69, 9.17) is 0 Å². The molecular weight excluding hydrogens is 304 g/mol. The third kappa shape index (κ3) is 3.65. The number of amides is 1. The van der Waals surface area contributed by atoms with Gasteiger partial charge >= 0.3 is 0 Å². The topological polar surface area (TPSA) is 62.5 Å². The van der Waals surface area contributed by atoms with Gasteiger partial charge in [0.05, 0.1) is 5.56 Å². The average molecular weight is 326 g/mol. The minimum atomic E-state index is -0.220. The van der Waals surface area contributed by atoms with Crippen LogP contribution in [0.1, 0.15) is 15.9 Å². The lowest BCUT2D eigenvalue weighted by Gasteiger charge is -2.35. The molecule has 0 unspecified atom stereocenters. The summed E-state index contributed by atoms with van der Waals surface area (Å²) >= 11 is 0. The van der Waals surface area contributed by atoms with E-state index in [-0.39, 0.29) is 5.91 Å². The largest absolute Gasteiger partial charge is 0.619 e. The summed E-state index contributed by atoms with van der Waals surface area (Å²) in [5.74, 6) is -0.220. The Bertz CT molecular complexity index is 722. The summed E-state index contributed by atoms with van der Waals surface area (Å²) in [5.41, 5.74) is 3.58. The zero-order chi connectivity index (χ0) is 17.1. The van der Waals surface area contributed by atoms with E-state index in [1.807, 2.05) is 12.1 Å². The van der Waals surface area contributed by atoms with Crippen molar-refractivity contribution in [2.75, 3.05) is 43.4 Å². The van der Waals surface area contributed by atoms with E-state index in [1.165, 1.54) is 30.2 Å². The molecule has 1 aromatic heterocycles. The third-order valence-corrected chi connectivity index (χ3v) is 4.36. The van der Waals surface area contributed by atoms with Crippen LogP contribution < -0.4 is 14.9 Å². The molecular formula is C18H22N4O2. The lowest BCUT2D eigenvalue weighted by Crippen LogP contribution is -2.44. The molecule has 6 nitrogen and oxygen atoms in total. The molecule has 24 heavy (non-hydrogen) atoms. The number of benzene rings is 1. The molecule has 2 heterocycles. The van der Waals surface area contributed by atoms with Crippen LogP contribution in [-0.4, -0.2) is 44.0 Å². The number of aromatic nitrogens is 1. The molecule has 0 saturated carbocycles. The fourth-order valence-electron chi connectivity index (χ4n) is 2.90. The van der Waals surface area contributed by atoms with E-state index in [1.54, 1.807) is 0 Å². The smallest absolute Gasteiger partial charge is 0.256 e. The van der Waals surface area contributed by atoms with E-state index in [9.17, 15) is 10.0 Å². The Morgan fingerprint density at radius 2 is 1.79 bits per heavy atom. The highest BCUT2D eigenvalue weighted by atomic mass is 16.5. The van der Waals surface area contributed by atoms with Crippen LogP contribution in [0.2, 0.25) is 0 Å². The molecule has 1 N–H and O–H groups in total. The fourth-order valence-corrected chi connectivity index (χ4v) is 2.90. The standard InChI is InChI=1S/C18H22N4O2/c1-14-13-16(19-18(23)15-5-7-22(24)8-6-15)3-4-17(14)21-11-9-20(2)10-12-21/h3-8,13H,9-12H2,1-2H3,(H,19,23). The number of anilines is 2. The molecule has 0 bridgehead atoms. The van der Waals surface area contributed by atoms with Gasteiger partial charge in [-0.15, -0.1) is 0 Å². The molecule has 0 aliphatic carbocycles. The Hall–Kier alpha value is -2.60. The minimum Gasteiger partial charge on any atom is -0.619 e. The molecule has 1 saturated heterocycles. The lowest BCUT2D eigenvalue weighted by atomic mass is 10.1. The maximum absolute atomic E-state index is 12.2. The van der Waals surface area contributed by atoms with Crippen LogP contribution in [-0.2, 0) is 0 Å². The van der Waals surface area contributed by atoms with E-state index in [0.717, 1.165) is 37.4 Å². The Kier molecular flexibility index (Phi) is 4.66. The molecule has 1 amide bonds. The Morgan fingerprint density at radius 3 is 2.42 bits per heavy atom. The quantitative estimate of drug-likeness (QED) is 0.688. The highest BCUT2D eigenvalue weighted by Gasteiger charge is 2.16. The van der Waals surface area contributed by atoms with Gasteiger partial charge in [0.2, 0.25) is 0 Å². The number of hydrogen-bond acceptors (Lipinski definition) is 4. The van der Waals surface area contributed by atoms with Crippen molar-refractivity contribution in [2.45, 2.75) is 6.92 Å². The van der Waals surface area contributed by atoms with Crippen LogP contribution in [0, 0.1) is 12.1 Å². The number of nitrogens with one attached hydrogen (secondary N) is 1. The first-order valence-corrected chi connectivity index (χ1v) is 8.07. The molecule has 0 spiro atoms. The number of carbonyl (C=O) groups is 1.